The Morgan fingerprint density at radius 3 is 2.35 bits per heavy atom. The molecule has 0 aromatic heterocycles. The summed E-state index contributed by atoms with van der Waals surface area (Å²) < 4.78 is 11.3. The van der Waals surface area contributed by atoms with Gasteiger partial charge < -0.3 is 14.8 Å². The van der Waals surface area contributed by atoms with Gasteiger partial charge in [-0.3, -0.25) is 9.69 Å². The maximum atomic E-state index is 13.4. The van der Waals surface area contributed by atoms with Crippen LogP contribution in [0.4, 0.5) is 4.79 Å². The Kier molecular flexibility index (Phi) is 7.30. The summed E-state index contributed by atoms with van der Waals surface area (Å²) in [5.41, 5.74) is 2.04. The van der Waals surface area contributed by atoms with Crippen molar-refractivity contribution in [3.05, 3.63) is 77.0 Å². The number of imide groups is 1. The van der Waals surface area contributed by atoms with E-state index in [9.17, 15) is 14.4 Å². The van der Waals surface area contributed by atoms with E-state index in [1.54, 1.807) is 13.8 Å². The number of urea groups is 1. The molecule has 1 saturated carbocycles. The summed E-state index contributed by atoms with van der Waals surface area (Å²) in [6.07, 6.45) is 4.68. The van der Waals surface area contributed by atoms with Gasteiger partial charge in [0, 0.05) is 5.70 Å². The maximum Gasteiger partial charge on any atom is 0.338 e. The Morgan fingerprint density at radius 1 is 1.03 bits per heavy atom. The van der Waals surface area contributed by atoms with Gasteiger partial charge in [0.15, 0.2) is 0 Å². The lowest BCUT2D eigenvalue weighted by atomic mass is 9.93. The van der Waals surface area contributed by atoms with Crippen LogP contribution in [-0.2, 0) is 20.7 Å². The van der Waals surface area contributed by atoms with Crippen LogP contribution >= 0.6 is 0 Å². The number of esters is 1. The van der Waals surface area contributed by atoms with E-state index in [0.717, 1.165) is 29.1 Å². The van der Waals surface area contributed by atoms with E-state index in [4.69, 9.17) is 9.47 Å². The van der Waals surface area contributed by atoms with E-state index in [2.05, 4.69) is 5.32 Å². The smallest absolute Gasteiger partial charge is 0.338 e. The van der Waals surface area contributed by atoms with Crippen LogP contribution < -0.4 is 10.1 Å². The van der Waals surface area contributed by atoms with Crippen molar-refractivity contribution < 1.29 is 23.9 Å². The first kappa shape index (κ1) is 23.5. The third-order valence-corrected chi connectivity index (χ3v) is 6.21. The van der Waals surface area contributed by atoms with Crippen molar-refractivity contribution in [2.75, 3.05) is 6.61 Å². The molecule has 0 saturated heterocycles. The van der Waals surface area contributed by atoms with Crippen LogP contribution in [0.5, 0.6) is 5.75 Å². The van der Waals surface area contributed by atoms with Gasteiger partial charge in [0.2, 0.25) is 5.91 Å². The normalized spacial score (nSPS) is 18.6. The fraction of sp³-hybridized carbons (Fsp3) is 0.370. The molecule has 0 bridgehead atoms. The number of benzene rings is 2. The van der Waals surface area contributed by atoms with E-state index in [1.165, 1.54) is 12.8 Å². The minimum Gasteiger partial charge on any atom is -0.490 e. The van der Waals surface area contributed by atoms with Crippen LogP contribution in [-0.4, -0.2) is 35.5 Å². The van der Waals surface area contributed by atoms with Crippen LogP contribution in [0.3, 0.4) is 0 Å². The molecule has 1 aliphatic heterocycles. The fourth-order valence-corrected chi connectivity index (χ4v) is 4.57. The third-order valence-electron chi connectivity index (χ3n) is 6.21. The number of allylic oxidation sites excluding steroid dienone is 1. The second-order valence-electron chi connectivity index (χ2n) is 8.61. The topological polar surface area (TPSA) is 84.9 Å². The third kappa shape index (κ3) is 5.14. The molecule has 2 aromatic rings. The molecule has 1 fully saturated rings. The number of nitrogens with zero attached hydrogens (tertiary/aromatic N) is 1. The molecule has 7 heteroatoms. The van der Waals surface area contributed by atoms with Gasteiger partial charge in [-0.1, -0.05) is 42.5 Å². The molecule has 7 nitrogen and oxygen atoms in total. The predicted octanol–water partition coefficient (Wildman–Crippen LogP) is 4.68. The van der Waals surface area contributed by atoms with Crippen molar-refractivity contribution in [3.63, 3.8) is 0 Å². The highest BCUT2D eigenvalue weighted by atomic mass is 16.5. The van der Waals surface area contributed by atoms with Gasteiger partial charge in [-0.15, -0.1) is 0 Å². The van der Waals surface area contributed by atoms with Gasteiger partial charge in [-0.2, -0.15) is 0 Å². The van der Waals surface area contributed by atoms with Gasteiger partial charge in [0.1, 0.15) is 11.8 Å². The average molecular weight is 463 g/mol. The highest BCUT2D eigenvalue weighted by molar-refractivity contribution is 6.02. The molecule has 34 heavy (non-hydrogen) atoms. The fourth-order valence-electron chi connectivity index (χ4n) is 4.57. The van der Waals surface area contributed by atoms with Crippen molar-refractivity contribution in [2.24, 2.45) is 0 Å². The first-order chi connectivity index (χ1) is 16.5. The summed E-state index contributed by atoms with van der Waals surface area (Å²) >= 11 is 0. The molecule has 1 atom stereocenters. The molecule has 178 valence electrons. The largest absolute Gasteiger partial charge is 0.490 e. The van der Waals surface area contributed by atoms with Gasteiger partial charge in [-0.25, -0.2) is 9.59 Å². The summed E-state index contributed by atoms with van der Waals surface area (Å²) in [4.78, 5) is 40.4. The number of rotatable bonds is 7. The van der Waals surface area contributed by atoms with Crippen molar-refractivity contribution in [2.45, 2.75) is 58.1 Å². The van der Waals surface area contributed by atoms with Crippen LogP contribution in [0.15, 0.2) is 65.9 Å². The van der Waals surface area contributed by atoms with E-state index in [1.807, 2.05) is 54.6 Å². The number of hydrogen-bond donors (Lipinski definition) is 1. The zero-order chi connectivity index (χ0) is 24.1. The molecule has 1 heterocycles. The lowest BCUT2D eigenvalue weighted by Crippen LogP contribution is -2.51. The number of hydrogen-bond acceptors (Lipinski definition) is 5. The van der Waals surface area contributed by atoms with Gasteiger partial charge in [0.05, 0.1) is 24.7 Å². The summed E-state index contributed by atoms with van der Waals surface area (Å²) in [7, 11) is 0. The van der Waals surface area contributed by atoms with Crippen LogP contribution in [0.25, 0.3) is 0 Å². The van der Waals surface area contributed by atoms with Gasteiger partial charge >= 0.3 is 12.0 Å². The van der Waals surface area contributed by atoms with Crippen molar-refractivity contribution >= 4 is 17.9 Å². The predicted molar refractivity (Wildman–Crippen MR) is 127 cm³/mol. The maximum absolute atomic E-state index is 13.4. The standard InChI is InChI=1S/C27H30N2O5/c1-3-33-26(31)24-18(2)28-27(32)29(23(30)17-19-9-5-4-6-10-19)25(24)20-13-15-22(16-14-20)34-21-11-7-8-12-21/h4-6,9-10,13-16,21,25H,3,7-8,11-12,17H2,1-2H3,(H,28,32)/t25-/m0/s1. The molecule has 3 amide bonds. The number of amides is 3. The average Bonchev–Trinajstić information content (AvgIpc) is 3.33. The van der Waals surface area contributed by atoms with Crippen LogP contribution in [0.2, 0.25) is 0 Å². The van der Waals surface area contributed by atoms with Crippen LogP contribution in [0, 0.1) is 0 Å². The molecule has 2 aliphatic rings. The van der Waals surface area contributed by atoms with Crippen LogP contribution in [0.1, 0.15) is 56.7 Å². The second-order valence-corrected chi connectivity index (χ2v) is 8.61. The molecule has 0 radical (unpaired) electrons. The number of carbonyl (C=O) groups excluding carboxylic acids is 3. The van der Waals surface area contributed by atoms with E-state index < -0.39 is 23.9 Å². The quantitative estimate of drug-likeness (QED) is 0.604. The molecular weight excluding hydrogens is 432 g/mol. The lowest BCUT2D eigenvalue weighted by Gasteiger charge is -2.36. The van der Waals surface area contributed by atoms with Gasteiger partial charge in [-0.05, 0) is 62.8 Å². The zero-order valence-electron chi connectivity index (χ0n) is 19.6. The van der Waals surface area contributed by atoms with Crippen molar-refractivity contribution in [3.8, 4) is 5.75 Å². The first-order valence-corrected chi connectivity index (χ1v) is 11.8. The van der Waals surface area contributed by atoms with E-state index in [0.29, 0.717) is 11.3 Å². The molecule has 1 aliphatic carbocycles. The second kappa shape index (κ2) is 10.5. The Morgan fingerprint density at radius 2 is 1.71 bits per heavy atom. The zero-order valence-corrected chi connectivity index (χ0v) is 19.6. The number of ether oxygens (including phenoxy) is 2. The Balaban J connectivity index is 1.68. The highest BCUT2D eigenvalue weighted by Crippen LogP contribution is 2.36. The minimum atomic E-state index is -0.899. The molecule has 0 spiro atoms. The SMILES string of the molecule is CCOC(=O)C1=C(C)NC(=O)N(C(=O)Cc2ccccc2)[C@H]1c1ccc(OC2CCCC2)cc1. The van der Waals surface area contributed by atoms with Gasteiger partial charge in [0.25, 0.3) is 0 Å². The summed E-state index contributed by atoms with van der Waals surface area (Å²) in [6, 6.07) is 15.0. The lowest BCUT2D eigenvalue weighted by molar-refractivity contribution is -0.140. The minimum absolute atomic E-state index is 0.0305. The Hall–Kier alpha value is -3.61. The van der Waals surface area contributed by atoms with Crippen molar-refractivity contribution in [1.82, 2.24) is 10.2 Å². The Bertz CT molecular complexity index is 1070. The first-order valence-electron chi connectivity index (χ1n) is 11.8. The molecular formula is C27H30N2O5. The van der Waals surface area contributed by atoms with E-state index >= 15 is 0 Å². The Labute approximate surface area is 199 Å². The molecule has 0 unspecified atom stereocenters. The van der Waals surface area contributed by atoms with E-state index in [-0.39, 0.29) is 24.7 Å². The highest BCUT2D eigenvalue weighted by Gasteiger charge is 2.41. The molecule has 4 rings (SSSR count). The number of nitrogens with one attached hydrogen (secondary N) is 1. The molecule has 1 N–H and O–H groups in total. The monoisotopic (exact) mass is 462 g/mol. The summed E-state index contributed by atoms with van der Waals surface area (Å²) in [5, 5.41) is 2.67. The number of carbonyl (C=O) groups is 3. The molecule has 2 aromatic carbocycles. The summed E-state index contributed by atoms with van der Waals surface area (Å²) in [5.74, 6) is -0.237. The summed E-state index contributed by atoms with van der Waals surface area (Å²) in [6.45, 7) is 3.55. The van der Waals surface area contributed by atoms with Crippen molar-refractivity contribution in [1.29, 1.82) is 0 Å².